The summed E-state index contributed by atoms with van der Waals surface area (Å²) in [5.74, 6) is -0.866. The number of benzene rings is 1. The topological polar surface area (TPSA) is 52.6 Å². The van der Waals surface area contributed by atoms with Gasteiger partial charge in [-0.1, -0.05) is 15.9 Å². The minimum absolute atomic E-state index is 0.0420. The highest BCUT2D eigenvalue weighted by atomic mass is 79.9. The Bertz CT molecular complexity index is 414. The van der Waals surface area contributed by atoms with Crippen LogP contribution >= 0.6 is 15.9 Å². The first-order valence-corrected chi connectivity index (χ1v) is 5.31. The number of methoxy groups -OCH3 is 2. The molecule has 0 heterocycles. The molecule has 0 radical (unpaired) electrons. The van der Waals surface area contributed by atoms with Gasteiger partial charge < -0.3 is 9.47 Å². The van der Waals surface area contributed by atoms with Crippen LogP contribution in [0.4, 0.5) is 0 Å². The molecule has 0 bridgehead atoms. The fourth-order valence-corrected chi connectivity index (χ4v) is 1.65. The molecule has 0 N–H and O–H groups in total. The predicted octanol–water partition coefficient (Wildman–Crippen LogP) is 1.95. The van der Waals surface area contributed by atoms with Crippen molar-refractivity contribution in [1.29, 1.82) is 0 Å². The monoisotopic (exact) mass is 286 g/mol. The van der Waals surface area contributed by atoms with Gasteiger partial charge in [0.15, 0.2) is 0 Å². The normalized spacial score (nSPS) is 9.69. The van der Waals surface area contributed by atoms with E-state index in [1.54, 1.807) is 18.2 Å². The number of carbonyl (C=O) groups excluding carboxylic acids is 2. The summed E-state index contributed by atoms with van der Waals surface area (Å²) in [6.07, 6.45) is 0.0420. The lowest BCUT2D eigenvalue weighted by molar-refractivity contribution is -0.139. The fraction of sp³-hybridized carbons (Fsp3) is 0.273. The number of hydrogen-bond donors (Lipinski definition) is 0. The lowest BCUT2D eigenvalue weighted by Crippen LogP contribution is -2.11. The van der Waals surface area contributed by atoms with E-state index in [0.29, 0.717) is 11.1 Å². The van der Waals surface area contributed by atoms with Crippen LogP contribution in [0.2, 0.25) is 0 Å². The number of hydrogen-bond acceptors (Lipinski definition) is 4. The molecular formula is C11H11BrO4. The van der Waals surface area contributed by atoms with Crippen LogP contribution in [0.25, 0.3) is 0 Å². The van der Waals surface area contributed by atoms with E-state index >= 15 is 0 Å². The number of esters is 2. The molecule has 86 valence electrons. The molecule has 1 rings (SSSR count). The van der Waals surface area contributed by atoms with Crippen molar-refractivity contribution in [1.82, 2.24) is 0 Å². The van der Waals surface area contributed by atoms with Gasteiger partial charge in [0.1, 0.15) is 0 Å². The Morgan fingerprint density at radius 1 is 1.25 bits per heavy atom. The van der Waals surface area contributed by atoms with Crippen LogP contribution in [0.5, 0.6) is 0 Å². The van der Waals surface area contributed by atoms with E-state index in [-0.39, 0.29) is 6.42 Å². The Morgan fingerprint density at radius 2 is 1.94 bits per heavy atom. The largest absolute Gasteiger partial charge is 0.469 e. The van der Waals surface area contributed by atoms with Crippen molar-refractivity contribution in [3.63, 3.8) is 0 Å². The van der Waals surface area contributed by atoms with Gasteiger partial charge in [0.05, 0.1) is 26.2 Å². The molecule has 4 nitrogen and oxygen atoms in total. The van der Waals surface area contributed by atoms with E-state index < -0.39 is 11.9 Å². The van der Waals surface area contributed by atoms with E-state index in [0.717, 1.165) is 4.47 Å². The summed E-state index contributed by atoms with van der Waals surface area (Å²) in [6.45, 7) is 0. The highest BCUT2D eigenvalue weighted by Crippen LogP contribution is 2.18. The van der Waals surface area contributed by atoms with E-state index in [1.807, 2.05) is 0 Å². The van der Waals surface area contributed by atoms with Crippen LogP contribution in [-0.4, -0.2) is 26.2 Å². The molecule has 16 heavy (non-hydrogen) atoms. The molecule has 0 aliphatic heterocycles. The Balaban J connectivity index is 3.08. The zero-order valence-electron chi connectivity index (χ0n) is 8.95. The van der Waals surface area contributed by atoms with Gasteiger partial charge >= 0.3 is 11.9 Å². The second-order valence-electron chi connectivity index (χ2n) is 3.05. The Hall–Kier alpha value is -1.36. The summed E-state index contributed by atoms with van der Waals surface area (Å²) in [6, 6.07) is 5.02. The van der Waals surface area contributed by atoms with Crippen molar-refractivity contribution < 1.29 is 19.1 Å². The van der Waals surface area contributed by atoms with Gasteiger partial charge in [0.2, 0.25) is 0 Å². The highest BCUT2D eigenvalue weighted by molar-refractivity contribution is 9.10. The van der Waals surface area contributed by atoms with E-state index in [9.17, 15) is 9.59 Å². The van der Waals surface area contributed by atoms with Crippen molar-refractivity contribution in [3.05, 3.63) is 33.8 Å². The maximum atomic E-state index is 11.4. The zero-order chi connectivity index (χ0) is 12.1. The third-order valence-corrected chi connectivity index (χ3v) is 2.53. The minimum atomic E-state index is -0.466. The van der Waals surface area contributed by atoms with Gasteiger partial charge in [-0.15, -0.1) is 0 Å². The lowest BCUT2D eigenvalue weighted by Gasteiger charge is -2.07. The molecule has 5 heteroatoms. The Labute approximate surface area is 102 Å². The lowest BCUT2D eigenvalue weighted by atomic mass is 10.0. The third kappa shape index (κ3) is 3.06. The van der Waals surface area contributed by atoms with Gasteiger partial charge in [-0.05, 0) is 23.8 Å². The standard InChI is InChI=1S/C11H11BrO4/c1-15-10(13)6-7-5-8(12)3-4-9(7)11(14)16-2/h3-5H,6H2,1-2H3. The molecule has 0 saturated heterocycles. The first kappa shape index (κ1) is 12.7. The first-order valence-electron chi connectivity index (χ1n) is 4.52. The van der Waals surface area contributed by atoms with Crippen LogP contribution in [0.15, 0.2) is 22.7 Å². The summed E-state index contributed by atoms with van der Waals surface area (Å²) in [7, 11) is 2.60. The second-order valence-corrected chi connectivity index (χ2v) is 3.96. The fourth-order valence-electron chi connectivity index (χ4n) is 1.25. The summed E-state index contributed by atoms with van der Waals surface area (Å²) < 4.78 is 9.97. The van der Waals surface area contributed by atoms with Crippen LogP contribution in [0.3, 0.4) is 0 Å². The molecule has 0 fully saturated rings. The van der Waals surface area contributed by atoms with E-state index in [1.165, 1.54) is 14.2 Å². The smallest absolute Gasteiger partial charge is 0.338 e. The van der Waals surface area contributed by atoms with Gasteiger partial charge in [-0.25, -0.2) is 4.79 Å². The SMILES string of the molecule is COC(=O)Cc1cc(Br)ccc1C(=O)OC. The van der Waals surface area contributed by atoms with Gasteiger partial charge in [-0.2, -0.15) is 0 Å². The number of carbonyl (C=O) groups is 2. The zero-order valence-corrected chi connectivity index (χ0v) is 10.5. The van der Waals surface area contributed by atoms with Crippen molar-refractivity contribution in [2.75, 3.05) is 14.2 Å². The average Bonchev–Trinajstić information content (AvgIpc) is 2.28. The molecule has 0 spiro atoms. The molecule has 0 aliphatic carbocycles. The average molecular weight is 287 g/mol. The van der Waals surface area contributed by atoms with Gasteiger partial charge in [-0.3, -0.25) is 4.79 Å². The number of ether oxygens (including phenoxy) is 2. The molecule has 0 saturated carbocycles. The van der Waals surface area contributed by atoms with Crippen LogP contribution in [0.1, 0.15) is 15.9 Å². The van der Waals surface area contributed by atoms with Gasteiger partial charge in [0.25, 0.3) is 0 Å². The molecule has 0 aromatic heterocycles. The summed E-state index contributed by atoms with van der Waals surface area (Å²) >= 11 is 3.27. The third-order valence-electron chi connectivity index (χ3n) is 2.04. The van der Waals surface area contributed by atoms with Crippen molar-refractivity contribution in [2.45, 2.75) is 6.42 Å². The van der Waals surface area contributed by atoms with Crippen LogP contribution in [0, 0.1) is 0 Å². The molecule has 1 aromatic carbocycles. The quantitative estimate of drug-likeness (QED) is 0.797. The first-order chi connectivity index (χ1) is 7.58. The number of rotatable bonds is 3. The summed E-state index contributed by atoms with van der Waals surface area (Å²) in [5, 5.41) is 0. The molecule has 0 aliphatic rings. The molecular weight excluding hydrogens is 276 g/mol. The van der Waals surface area contributed by atoms with Gasteiger partial charge in [0, 0.05) is 4.47 Å². The van der Waals surface area contributed by atoms with E-state index in [4.69, 9.17) is 0 Å². The van der Waals surface area contributed by atoms with Crippen LogP contribution in [-0.2, 0) is 20.7 Å². The van der Waals surface area contributed by atoms with Crippen molar-refractivity contribution in [3.8, 4) is 0 Å². The Morgan fingerprint density at radius 3 is 2.50 bits per heavy atom. The Kier molecular flexibility index (Phi) is 4.49. The summed E-state index contributed by atoms with van der Waals surface area (Å²) in [4.78, 5) is 22.6. The minimum Gasteiger partial charge on any atom is -0.469 e. The van der Waals surface area contributed by atoms with E-state index in [2.05, 4.69) is 25.4 Å². The van der Waals surface area contributed by atoms with Crippen molar-refractivity contribution in [2.24, 2.45) is 0 Å². The molecule has 1 aromatic rings. The number of halogens is 1. The maximum Gasteiger partial charge on any atom is 0.338 e. The maximum absolute atomic E-state index is 11.4. The molecule has 0 unspecified atom stereocenters. The summed E-state index contributed by atoms with van der Waals surface area (Å²) in [5.41, 5.74) is 0.948. The van der Waals surface area contributed by atoms with Crippen LogP contribution < -0.4 is 0 Å². The van der Waals surface area contributed by atoms with Crippen molar-refractivity contribution >= 4 is 27.9 Å². The molecule has 0 atom stereocenters. The highest BCUT2D eigenvalue weighted by Gasteiger charge is 2.14. The second kappa shape index (κ2) is 5.65. The predicted molar refractivity (Wildman–Crippen MR) is 61.2 cm³/mol. The molecule has 0 amide bonds.